The van der Waals surface area contributed by atoms with Crippen molar-refractivity contribution in [2.75, 3.05) is 31.1 Å². The van der Waals surface area contributed by atoms with Gasteiger partial charge in [0.25, 0.3) is 0 Å². The Labute approximate surface area is 157 Å². The van der Waals surface area contributed by atoms with Crippen LogP contribution < -0.4 is 4.90 Å². The molecule has 1 fully saturated rings. The van der Waals surface area contributed by atoms with Gasteiger partial charge in [-0.05, 0) is 26.0 Å². The van der Waals surface area contributed by atoms with Crippen molar-refractivity contribution in [1.82, 2.24) is 24.7 Å². The van der Waals surface area contributed by atoms with Crippen LogP contribution in [0.3, 0.4) is 0 Å². The first-order valence-corrected chi connectivity index (χ1v) is 9.32. The van der Waals surface area contributed by atoms with Crippen LogP contribution in [0.25, 0.3) is 16.6 Å². The van der Waals surface area contributed by atoms with Crippen molar-refractivity contribution in [3.8, 4) is 0 Å². The van der Waals surface area contributed by atoms with Gasteiger partial charge in [0.1, 0.15) is 11.5 Å². The van der Waals surface area contributed by atoms with E-state index >= 15 is 0 Å². The number of aromatic nitrogens is 4. The van der Waals surface area contributed by atoms with Crippen LogP contribution in [0.1, 0.15) is 17.1 Å². The first-order valence-electron chi connectivity index (χ1n) is 9.32. The second-order valence-electron chi connectivity index (χ2n) is 7.20. The molecular formula is C20H22N6O. The molecular weight excluding hydrogens is 340 g/mol. The Hall–Kier alpha value is -2.93. The summed E-state index contributed by atoms with van der Waals surface area (Å²) >= 11 is 0. The summed E-state index contributed by atoms with van der Waals surface area (Å²) in [5.74, 6) is 1.12. The average Bonchev–Trinajstić information content (AvgIpc) is 3.24. The van der Waals surface area contributed by atoms with Gasteiger partial charge in [0.05, 0.1) is 5.69 Å². The number of rotatable bonds is 3. The number of nitrogens with zero attached hydrogens (tertiary/aromatic N) is 6. The van der Waals surface area contributed by atoms with Crippen LogP contribution >= 0.6 is 0 Å². The van der Waals surface area contributed by atoms with Crippen molar-refractivity contribution in [1.29, 1.82) is 0 Å². The minimum Gasteiger partial charge on any atom is -0.356 e. The number of piperazine rings is 1. The third kappa shape index (κ3) is 2.94. The summed E-state index contributed by atoms with van der Waals surface area (Å²) in [6.45, 7) is 8.72. The Morgan fingerprint density at radius 3 is 2.67 bits per heavy atom. The minimum atomic E-state index is 0.816. The zero-order chi connectivity index (χ0) is 18.4. The smallest absolute Gasteiger partial charge is 0.167 e. The van der Waals surface area contributed by atoms with E-state index in [4.69, 9.17) is 4.52 Å². The quantitative estimate of drug-likeness (QED) is 0.558. The maximum Gasteiger partial charge on any atom is 0.167 e. The molecule has 5 rings (SSSR count). The fourth-order valence-corrected chi connectivity index (χ4v) is 3.82. The first-order chi connectivity index (χ1) is 13.2. The highest BCUT2D eigenvalue weighted by atomic mass is 16.5. The lowest BCUT2D eigenvalue weighted by Gasteiger charge is -2.35. The van der Waals surface area contributed by atoms with E-state index in [1.165, 1.54) is 0 Å². The molecule has 0 spiro atoms. The van der Waals surface area contributed by atoms with Crippen molar-refractivity contribution in [2.24, 2.45) is 0 Å². The van der Waals surface area contributed by atoms with E-state index in [0.717, 1.165) is 72.2 Å². The van der Waals surface area contributed by atoms with Gasteiger partial charge in [0.2, 0.25) is 0 Å². The van der Waals surface area contributed by atoms with Crippen LogP contribution in [0.4, 0.5) is 5.82 Å². The van der Waals surface area contributed by atoms with Crippen LogP contribution in [-0.4, -0.2) is 50.8 Å². The van der Waals surface area contributed by atoms with Crippen LogP contribution in [0.2, 0.25) is 0 Å². The molecule has 0 unspecified atom stereocenters. The van der Waals surface area contributed by atoms with Gasteiger partial charge >= 0.3 is 0 Å². The molecule has 1 saturated heterocycles. The third-order valence-corrected chi connectivity index (χ3v) is 5.18. The normalized spacial score (nSPS) is 15.9. The number of hydrogen-bond acceptors (Lipinski definition) is 6. The highest BCUT2D eigenvalue weighted by Gasteiger charge is 2.22. The topological polar surface area (TPSA) is 62.7 Å². The summed E-state index contributed by atoms with van der Waals surface area (Å²) in [5, 5.41) is 10.00. The number of benzene rings is 1. The highest BCUT2D eigenvalue weighted by Crippen LogP contribution is 2.22. The number of aryl methyl sites for hydroxylation is 2. The highest BCUT2D eigenvalue weighted by molar-refractivity contribution is 5.79. The summed E-state index contributed by atoms with van der Waals surface area (Å²) in [7, 11) is 0. The van der Waals surface area contributed by atoms with Crippen LogP contribution in [0.5, 0.6) is 0 Å². The third-order valence-electron chi connectivity index (χ3n) is 5.18. The van der Waals surface area contributed by atoms with E-state index in [2.05, 4.69) is 37.2 Å². The minimum absolute atomic E-state index is 0.816. The van der Waals surface area contributed by atoms with Gasteiger partial charge in [-0.2, -0.15) is 9.61 Å². The summed E-state index contributed by atoms with van der Waals surface area (Å²) in [6.07, 6.45) is 0. The van der Waals surface area contributed by atoms with Crippen molar-refractivity contribution < 1.29 is 4.52 Å². The predicted molar refractivity (Wildman–Crippen MR) is 104 cm³/mol. The number of para-hydroxylation sites is 1. The molecule has 1 aromatic carbocycles. The van der Waals surface area contributed by atoms with E-state index in [1.807, 2.05) is 42.6 Å². The Kier molecular flexibility index (Phi) is 3.82. The molecule has 0 bridgehead atoms. The van der Waals surface area contributed by atoms with Crippen LogP contribution in [-0.2, 0) is 6.54 Å². The van der Waals surface area contributed by atoms with E-state index < -0.39 is 0 Å². The number of hydrogen-bond donors (Lipinski definition) is 0. The molecule has 0 saturated carbocycles. The lowest BCUT2D eigenvalue weighted by Crippen LogP contribution is -2.46. The van der Waals surface area contributed by atoms with Gasteiger partial charge in [-0.25, -0.2) is 4.98 Å². The largest absolute Gasteiger partial charge is 0.356 e. The summed E-state index contributed by atoms with van der Waals surface area (Å²) < 4.78 is 7.40. The lowest BCUT2D eigenvalue weighted by atomic mass is 10.2. The van der Waals surface area contributed by atoms with Crippen LogP contribution in [0.15, 0.2) is 40.9 Å². The standard InChI is InChI=1S/C20H22N6O/c1-14-12-20(26-19(21-14)11-15(2)22-26)25-9-7-24(8-10-25)13-17-16-5-3-4-6-18(16)27-23-17/h3-6,11-12H,7-10,13H2,1-2H3. The maximum atomic E-state index is 5.44. The SMILES string of the molecule is Cc1cc(N2CCN(Cc3noc4ccccc34)CC2)n2nc(C)cc2n1. The van der Waals surface area contributed by atoms with Gasteiger partial charge < -0.3 is 9.42 Å². The van der Waals surface area contributed by atoms with Crippen molar-refractivity contribution in [3.05, 3.63) is 53.5 Å². The van der Waals surface area contributed by atoms with E-state index in [-0.39, 0.29) is 0 Å². The van der Waals surface area contributed by atoms with Gasteiger partial charge in [0.15, 0.2) is 11.2 Å². The zero-order valence-electron chi connectivity index (χ0n) is 15.6. The van der Waals surface area contributed by atoms with E-state index in [9.17, 15) is 0 Å². The second-order valence-corrected chi connectivity index (χ2v) is 7.20. The maximum absolute atomic E-state index is 5.44. The molecule has 27 heavy (non-hydrogen) atoms. The predicted octanol–water partition coefficient (Wildman–Crippen LogP) is 2.81. The molecule has 0 aliphatic carbocycles. The number of fused-ring (bicyclic) bond motifs is 2. The second kappa shape index (κ2) is 6.35. The van der Waals surface area contributed by atoms with Crippen molar-refractivity contribution >= 4 is 22.4 Å². The molecule has 0 N–H and O–H groups in total. The van der Waals surface area contributed by atoms with Gasteiger partial charge in [-0.15, -0.1) is 0 Å². The molecule has 4 aromatic rings. The van der Waals surface area contributed by atoms with E-state index in [0.29, 0.717) is 0 Å². The van der Waals surface area contributed by atoms with Crippen molar-refractivity contribution in [3.63, 3.8) is 0 Å². The van der Waals surface area contributed by atoms with Gasteiger partial charge in [-0.1, -0.05) is 17.3 Å². The van der Waals surface area contributed by atoms with Gasteiger partial charge in [0, 0.05) is 55.9 Å². The summed E-state index contributed by atoms with van der Waals surface area (Å²) in [6, 6.07) is 12.2. The Bertz CT molecular complexity index is 1110. The summed E-state index contributed by atoms with van der Waals surface area (Å²) in [5.41, 5.74) is 4.80. The molecule has 138 valence electrons. The molecule has 4 heterocycles. The molecule has 0 atom stereocenters. The molecule has 1 aliphatic rings. The van der Waals surface area contributed by atoms with E-state index in [1.54, 1.807) is 0 Å². The monoisotopic (exact) mass is 362 g/mol. The molecule has 3 aromatic heterocycles. The molecule has 0 amide bonds. The Morgan fingerprint density at radius 1 is 1.00 bits per heavy atom. The average molecular weight is 362 g/mol. The van der Waals surface area contributed by atoms with Crippen LogP contribution in [0, 0.1) is 13.8 Å². The fourth-order valence-electron chi connectivity index (χ4n) is 3.82. The Morgan fingerprint density at radius 2 is 1.81 bits per heavy atom. The molecule has 7 nitrogen and oxygen atoms in total. The first kappa shape index (κ1) is 16.3. The van der Waals surface area contributed by atoms with Crippen molar-refractivity contribution in [2.45, 2.75) is 20.4 Å². The molecule has 1 aliphatic heterocycles. The molecule has 0 radical (unpaired) electrons. The molecule has 7 heteroatoms. The van der Waals surface area contributed by atoms with Gasteiger partial charge in [-0.3, -0.25) is 4.90 Å². The summed E-state index contributed by atoms with van der Waals surface area (Å²) in [4.78, 5) is 9.42. The lowest BCUT2D eigenvalue weighted by molar-refractivity contribution is 0.242. The fraction of sp³-hybridized carbons (Fsp3) is 0.350. The Balaban J connectivity index is 1.33. The zero-order valence-corrected chi connectivity index (χ0v) is 15.6. The number of anilines is 1.